The third kappa shape index (κ3) is 3.14. The molecule has 7 heteroatoms. The summed E-state index contributed by atoms with van der Waals surface area (Å²) in [6.07, 6.45) is 8.34. The second-order valence-electron chi connectivity index (χ2n) is 10.6. The summed E-state index contributed by atoms with van der Waals surface area (Å²) in [4.78, 5) is 29.1. The van der Waals surface area contributed by atoms with Gasteiger partial charge in [-0.2, -0.15) is 0 Å². The van der Waals surface area contributed by atoms with E-state index in [1.54, 1.807) is 0 Å². The number of nitrogens with one attached hydrogen (secondary N) is 1. The van der Waals surface area contributed by atoms with E-state index in [4.69, 9.17) is 0 Å². The zero-order valence-electron chi connectivity index (χ0n) is 20.5. The van der Waals surface area contributed by atoms with Gasteiger partial charge in [0.2, 0.25) is 0 Å². The van der Waals surface area contributed by atoms with Crippen molar-refractivity contribution in [1.29, 1.82) is 0 Å². The van der Waals surface area contributed by atoms with Crippen molar-refractivity contribution >= 4 is 51.8 Å². The van der Waals surface area contributed by atoms with Crippen LogP contribution in [0, 0.1) is 5.41 Å². The second-order valence-corrected chi connectivity index (χ2v) is 10.6. The van der Waals surface area contributed by atoms with Gasteiger partial charge in [0.15, 0.2) is 0 Å². The van der Waals surface area contributed by atoms with Gasteiger partial charge in [-0.05, 0) is 68.5 Å². The van der Waals surface area contributed by atoms with E-state index in [-0.39, 0.29) is 24.2 Å². The Bertz CT molecular complexity index is 1610. The van der Waals surface area contributed by atoms with Crippen LogP contribution >= 0.6 is 12.4 Å². The molecule has 3 aliphatic rings. The van der Waals surface area contributed by atoms with E-state index in [0.29, 0.717) is 16.6 Å². The highest BCUT2D eigenvalue weighted by Gasteiger charge is 2.43. The van der Waals surface area contributed by atoms with Crippen molar-refractivity contribution in [1.82, 2.24) is 19.2 Å². The Morgan fingerprint density at radius 2 is 1.67 bits per heavy atom. The topological polar surface area (TPSA) is 58.8 Å². The number of aryl methyl sites for hydroxylation is 1. The van der Waals surface area contributed by atoms with E-state index in [2.05, 4.69) is 40.0 Å². The van der Waals surface area contributed by atoms with E-state index in [1.165, 1.54) is 17.7 Å². The van der Waals surface area contributed by atoms with Gasteiger partial charge < -0.3 is 13.9 Å². The zero-order chi connectivity index (χ0) is 23.9. The first kappa shape index (κ1) is 23.1. The number of likely N-dealkylation sites (tertiary alicyclic amines) is 1. The second kappa shape index (κ2) is 8.08. The van der Waals surface area contributed by atoms with Crippen molar-refractivity contribution in [3.05, 3.63) is 77.2 Å². The minimum Gasteiger partial charge on any atom is -0.350 e. The van der Waals surface area contributed by atoms with E-state index >= 15 is 0 Å². The molecule has 1 spiro atoms. The number of benzene rings is 1. The number of nitrogens with zero attached hydrogens (tertiary/aromatic N) is 3. The maximum atomic E-state index is 13.4. The summed E-state index contributed by atoms with van der Waals surface area (Å²) in [5.41, 5.74) is 7.65. The van der Waals surface area contributed by atoms with Crippen molar-refractivity contribution in [3.63, 3.8) is 0 Å². The molecule has 0 saturated carbocycles. The van der Waals surface area contributed by atoms with Crippen molar-refractivity contribution in [2.24, 2.45) is 12.5 Å². The number of carbonyl (C=O) groups excluding carboxylic acids is 2. The number of aromatic nitrogens is 2. The Labute approximate surface area is 216 Å². The van der Waals surface area contributed by atoms with Crippen LogP contribution in [0.1, 0.15) is 35.2 Å². The fourth-order valence-electron chi connectivity index (χ4n) is 6.90. The first-order valence-electron chi connectivity index (χ1n) is 12.4. The highest BCUT2D eigenvalue weighted by atomic mass is 35.5. The van der Waals surface area contributed by atoms with Crippen LogP contribution in [0.4, 0.5) is 0 Å². The fraction of sp³-hybridized carbons (Fsp3) is 0.310. The van der Waals surface area contributed by atoms with E-state index in [9.17, 15) is 9.59 Å². The summed E-state index contributed by atoms with van der Waals surface area (Å²) in [5, 5.41) is 3.61. The van der Waals surface area contributed by atoms with Gasteiger partial charge in [-0.25, -0.2) is 0 Å². The largest absolute Gasteiger partial charge is 0.350 e. The Kier molecular flexibility index (Phi) is 5.18. The van der Waals surface area contributed by atoms with Crippen molar-refractivity contribution in [2.45, 2.75) is 25.7 Å². The minimum absolute atomic E-state index is 0. The van der Waals surface area contributed by atoms with Gasteiger partial charge in [-0.1, -0.05) is 24.3 Å². The molecule has 4 aromatic rings. The van der Waals surface area contributed by atoms with Gasteiger partial charge in [0, 0.05) is 53.7 Å². The standard InChI is InChI=1S/C29H28N4O2.ClH/c1-31-14-12-29(17-31)11-10-19-23(15-29)33-13-6-5-9-22(33)24(19)26-25(27(34)30-28(26)35)20-16-32(2)21-8-4-3-7-18(20)21;/h3-9,13,16H,10-12,14-15,17H2,1-2H3,(H,30,34,35);1H. The van der Waals surface area contributed by atoms with Crippen LogP contribution < -0.4 is 5.32 Å². The predicted molar refractivity (Wildman–Crippen MR) is 144 cm³/mol. The Balaban J connectivity index is 0.00000240. The van der Waals surface area contributed by atoms with Gasteiger partial charge in [-0.3, -0.25) is 14.9 Å². The monoisotopic (exact) mass is 500 g/mol. The lowest BCUT2D eigenvalue weighted by Crippen LogP contribution is -2.32. The third-order valence-corrected chi connectivity index (χ3v) is 8.48. The summed E-state index contributed by atoms with van der Waals surface area (Å²) in [7, 11) is 4.19. The average molecular weight is 501 g/mol. The lowest BCUT2D eigenvalue weighted by molar-refractivity contribution is -0.122. The minimum atomic E-state index is -0.310. The summed E-state index contributed by atoms with van der Waals surface area (Å²) in [5.74, 6) is -0.604. The molecule has 1 aliphatic carbocycles. The molecule has 3 aromatic heterocycles. The lowest BCUT2D eigenvalue weighted by Gasteiger charge is -2.34. The number of hydrogen-bond acceptors (Lipinski definition) is 3. The molecule has 0 bridgehead atoms. The number of halogens is 1. The van der Waals surface area contributed by atoms with Gasteiger partial charge in [0.25, 0.3) is 11.8 Å². The lowest BCUT2D eigenvalue weighted by atomic mass is 9.72. The Hall–Kier alpha value is -3.35. The number of rotatable bonds is 2. The quantitative estimate of drug-likeness (QED) is 0.419. The summed E-state index contributed by atoms with van der Waals surface area (Å²) in [6.45, 7) is 2.25. The number of pyridine rings is 1. The van der Waals surface area contributed by atoms with Gasteiger partial charge >= 0.3 is 0 Å². The number of fused-ring (bicyclic) bond motifs is 4. The van der Waals surface area contributed by atoms with Crippen LogP contribution in [0.3, 0.4) is 0 Å². The molecule has 1 unspecified atom stereocenters. The molecule has 1 atom stereocenters. The molecular formula is C29H29ClN4O2. The van der Waals surface area contributed by atoms with E-state index in [1.807, 2.05) is 48.1 Å². The fourth-order valence-corrected chi connectivity index (χ4v) is 6.90. The van der Waals surface area contributed by atoms with Crippen molar-refractivity contribution in [2.75, 3.05) is 20.1 Å². The first-order valence-corrected chi connectivity index (χ1v) is 12.4. The van der Waals surface area contributed by atoms with Crippen LogP contribution in [0.5, 0.6) is 0 Å². The number of imide groups is 1. The van der Waals surface area contributed by atoms with Crippen LogP contribution in [0.15, 0.2) is 54.9 Å². The third-order valence-electron chi connectivity index (χ3n) is 8.48. The van der Waals surface area contributed by atoms with Crippen LogP contribution in [-0.2, 0) is 29.5 Å². The Morgan fingerprint density at radius 3 is 2.47 bits per heavy atom. The average Bonchev–Trinajstić information content (AvgIpc) is 3.56. The molecule has 184 valence electrons. The normalized spacial score (nSPS) is 22.1. The molecular weight excluding hydrogens is 472 g/mol. The molecule has 6 nitrogen and oxygen atoms in total. The Morgan fingerprint density at radius 1 is 0.917 bits per heavy atom. The molecule has 36 heavy (non-hydrogen) atoms. The molecule has 7 rings (SSSR count). The summed E-state index contributed by atoms with van der Waals surface area (Å²) < 4.78 is 4.30. The van der Waals surface area contributed by atoms with Crippen LogP contribution in [0.2, 0.25) is 0 Å². The summed E-state index contributed by atoms with van der Waals surface area (Å²) in [6, 6.07) is 14.2. The maximum absolute atomic E-state index is 13.4. The molecule has 0 radical (unpaired) electrons. The van der Waals surface area contributed by atoms with Crippen LogP contribution in [0.25, 0.3) is 27.6 Å². The SMILES string of the molecule is CN1CCC2(CCc3c(C4=C(c5cn(C)c6ccccc56)C(=O)NC4=O)c4ccccn4c3C2)C1.Cl. The maximum Gasteiger partial charge on any atom is 0.259 e. The number of hydrogen-bond donors (Lipinski definition) is 1. The van der Waals surface area contributed by atoms with Crippen LogP contribution in [-0.4, -0.2) is 45.8 Å². The van der Waals surface area contributed by atoms with Gasteiger partial charge in [-0.15, -0.1) is 12.4 Å². The van der Waals surface area contributed by atoms with E-state index < -0.39 is 0 Å². The van der Waals surface area contributed by atoms with Crippen molar-refractivity contribution < 1.29 is 9.59 Å². The molecule has 1 N–H and O–H groups in total. The molecule has 2 amide bonds. The number of amides is 2. The zero-order valence-corrected chi connectivity index (χ0v) is 21.3. The number of carbonyl (C=O) groups is 2. The van der Waals surface area contributed by atoms with Gasteiger partial charge in [0.05, 0.1) is 16.7 Å². The summed E-state index contributed by atoms with van der Waals surface area (Å²) >= 11 is 0. The molecule has 1 saturated heterocycles. The van der Waals surface area contributed by atoms with Crippen molar-refractivity contribution in [3.8, 4) is 0 Å². The highest BCUT2D eigenvalue weighted by molar-refractivity contribution is 6.50. The highest BCUT2D eigenvalue weighted by Crippen LogP contribution is 2.47. The first-order chi connectivity index (χ1) is 17.0. The van der Waals surface area contributed by atoms with Gasteiger partial charge in [0.1, 0.15) is 0 Å². The molecule has 1 aromatic carbocycles. The molecule has 1 fully saturated rings. The molecule has 5 heterocycles. The smallest absolute Gasteiger partial charge is 0.259 e. The molecule has 2 aliphatic heterocycles. The number of para-hydroxylation sites is 1. The predicted octanol–water partition coefficient (Wildman–Crippen LogP) is 4.23. The van der Waals surface area contributed by atoms with E-state index in [0.717, 1.165) is 59.9 Å².